The van der Waals surface area contributed by atoms with E-state index in [4.69, 9.17) is 0 Å². The fourth-order valence-corrected chi connectivity index (χ4v) is 3.62. The highest BCUT2D eigenvalue weighted by molar-refractivity contribution is 7.98. The number of aliphatic imine (C=N–C) groups is 1. The summed E-state index contributed by atoms with van der Waals surface area (Å²) in [5.41, 5.74) is 2.28. The molecule has 3 aromatic rings. The van der Waals surface area contributed by atoms with Crippen LogP contribution in [0.4, 0.5) is 0 Å². The van der Waals surface area contributed by atoms with E-state index < -0.39 is 0 Å². The normalized spacial score (nSPS) is 11.9. The van der Waals surface area contributed by atoms with Gasteiger partial charge in [-0.1, -0.05) is 12.1 Å². The second-order valence-electron chi connectivity index (χ2n) is 5.43. The Hall–Kier alpha value is -1.99. The first-order valence-electron chi connectivity index (χ1n) is 7.65. The van der Waals surface area contributed by atoms with Gasteiger partial charge in [0.15, 0.2) is 10.9 Å². The van der Waals surface area contributed by atoms with Crippen molar-refractivity contribution in [3.8, 4) is 0 Å². The van der Waals surface area contributed by atoms with Gasteiger partial charge in [-0.25, -0.2) is 4.98 Å². The highest BCUT2D eigenvalue weighted by Crippen LogP contribution is 2.15. The number of hydrogen-bond donors (Lipinski definition) is 1. The lowest BCUT2D eigenvalue weighted by Gasteiger charge is -2.22. The third kappa shape index (κ3) is 3.91. The van der Waals surface area contributed by atoms with Gasteiger partial charge in [-0.15, -0.1) is 23.1 Å². The minimum atomic E-state index is 0.664. The predicted octanol–water partition coefficient (Wildman–Crippen LogP) is 3.33. The van der Waals surface area contributed by atoms with Crippen LogP contribution in [0.25, 0.3) is 4.96 Å². The number of thioether (sulfide) groups is 1. The molecule has 0 unspecified atom stereocenters. The molecule has 0 fully saturated rings. The standard InChI is InChI=1S/C17H21N5S2/c1-18-16(19-10-14-12-22-8-9-24-17(22)20-14)21(2)11-13-4-6-15(23-3)7-5-13/h4-9,12H,10-11H2,1-3H3,(H,18,19). The van der Waals surface area contributed by atoms with E-state index in [1.54, 1.807) is 30.1 Å². The largest absolute Gasteiger partial charge is 0.351 e. The number of aromatic nitrogens is 2. The lowest BCUT2D eigenvalue weighted by Crippen LogP contribution is -2.38. The third-order valence-electron chi connectivity index (χ3n) is 3.72. The maximum atomic E-state index is 4.58. The van der Waals surface area contributed by atoms with Crippen LogP contribution in [0.15, 0.2) is 51.9 Å². The van der Waals surface area contributed by atoms with Gasteiger partial charge in [0.25, 0.3) is 0 Å². The molecule has 1 aromatic carbocycles. The molecule has 0 atom stereocenters. The molecule has 0 aliphatic carbocycles. The number of guanidine groups is 1. The van der Waals surface area contributed by atoms with Crippen molar-refractivity contribution in [1.29, 1.82) is 0 Å². The molecule has 2 heterocycles. The number of fused-ring (bicyclic) bond motifs is 1. The van der Waals surface area contributed by atoms with Gasteiger partial charge in [0.1, 0.15) is 0 Å². The Balaban J connectivity index is 1.59. The molecule has 0 amide bonds. The van der Waals surface area contributed by atoms with E-state index in [1.165, 1.54) is 10.5 Å². The average molecular weight is 360 g/mol. The Morgan fingerprint density at radius 1 is 1.38 bits per heavy atom. The second-order valence-corrected chi connectivity index (χ2v) is 7.18. The molecule has 2 aromatic heterocycles. The molecule has 0 radical (unpaired) electrons. The Morgan fingerprint density at radius 3 is 2.83 bits per heavy atom. The Bertz CT molecular complexity index is 790. The number of nitrogens with one attached hydrogen (secondary N) is 1. The van der Waals surface area contributed by atoms with Crippen LogP contribution in [0.5, 0.6) is 0 Å². The summed E-state index contributed by atoms with van der Waals surface area (Å²) in [7, 11) is 3.85. The zero-order valence-corrected chi connectivity index (χ0v) is 15.7. The molecule has 0 aliphatic heterocycles. The number of imidazole rings is 1. The van der Waals surface area contributed by atoms with Crippen LogP contribution in [0, 0.1) is 0 Å². The SMILES string of the molecule is CN=C(NCc1cn2ccsc2n1)N(C)Cc1ccc(SC)cc1. The van der Waals surface area contributed by atoms with Gasteiger partial charge in [-0.2, -0.15) is 0 Å². The Morgan fingerprint density at radius 2 is 2.17 bits per heavy atom. The minimum absolute atomic E-state index is 0.664. The van der Waals surface area contributed by atoms with Gasteiger partial charge in [0.05, 0.1) is 12.2 Å². The maximum Gasteiger partial charge on any atom is 0.194 e. The number of hydrogen-bond acceptors (Lipinski definition) is 4. The summed E-state index contributed by atoms with van der Waals surface area (Å²) in [6.45, 7) is 1.48. The molecule has 3 rings (SSSR count). The predicted molar refractivity (Wildman–Crippen MR) is 103 cm³/mol. The van der Waals surface area contributed by atoms with Crippen molar-refractivity contribution >= 4 is 34.0 Å². The van der Waals surface area contributed by atoms with Crippen LogP contribution >= 0.6 is 23.1 Å². The van der Waals surface area contributed by atoms with Crippen LogP contribution in [-0.2, 0) is 13.1 Å². The summed E-state index contributed by atoms with van der Waals surface area (Å²) in [4.78, 5) is 13.4. The molecule has 126 valence electrons. The minimum Gasteiger partial charge on any atom is -0.351 e. The smallest absolute Gasteiger partial charge is 0.194 e. The molecule has 0 bridgehead atoms. The van der Waals surface area contributed by atoms with Gasteiger partial charge in [-0.05, 0) is 24.0 Å². The molecule has 7 heteroatoms. The zero-order chi connectivity index (χ0) is 16.9. The van der Waals surface area contributed by atoms with E-state index in [0.29, 0.717) is 6.54 Å². The molecular formula is C17H21N5S2. The maximum absolute atomic E-state index is 4.58. The van der Waals surface area contributed by atoms with Crippen molar-refractivity contribution in [1.82, 2.24) is 19.6 Å². The molecule has 0 aliphatic rings. The molecular weight excluding hydrogens is 338 g/mol. The van der Waals surface area contributed by atoms with E-state index >= 15 is 0 Å². The number of benzene rings is 1. The summed E-state index contributed by atoms with van der Waals surface area (Å²) >= 11 is 3.40. The van der Waals surface area contributed by atoms with Crippen molar-refractivity contribution < 1.29 is 0 Å². The van der Waals surface area contributed by atoms with Gasteiger partial charge in [0.2, 0.25) is 0 Å². The van der Waals surface area contributed by atoms with Crippen molar-refractivity contribution in [3.63, 3.8) is 0 Å². The third-order valence-corrected chi connectivity index (χ3v) is 5.24. The first-order valence-corrected chi connectivity index (χ1v) is 9.76. The van der Waals surface area contributed by atoms with Crippen LogP contribution in [0.1, 0.15) is 11.3 Å². The van der Waals surface area contributed by atoms with E-state index in [2.05, 4.69) is 50.7 Å². The average Bonchev–Trinajstić information content (AvgIpc) is 3.17. The summed E-state index contributed by atoms with van der Waals surface area (Å²) < 4.78 is 2.04. The Kier molecular flexibility index (Phi) is 5.42. The lowest BCUT2D eigenvalue weighted by molar-refractivity contribution is 0.476. The lowest BCUT2D eigenvalue weighted by atomic mass is 10.2. The van der Waals surface area contributed by atoms with Crippen molar-refractivity contribution in [2.75, 3.05) is 20.4 Å². The monoisotopic (exact) mass is 359 g/mol. The van der Waals surface area contributed by atoms with E-state index in [9.17, 15) is 0 Å². The summed E-state index contributed by atoms with van der Waals surface area (Å²) in [6.07, 6.45) is 6.16. The van der Waals surface area contributed by atoms with Crippen LogP contribution < -0.4 is 5.32 Å². The van der Waals surface area contributed by atoms with Gasteiger partial charge in [-0.3, -0.25) is 9.39 Å². The van der Waals surface area contributed by atoms with E-state index in [-0.39, 0.29) is 0 Å². The topological polar surface area (TPSA) is 44.9 Å². The van der Waals surface area contributed by atoms with E-state index in [0.717, 1.165) is 23.2 Å². The summed E-state index contributed by atoms with van der Waals surface area (Å²) in [6, 6.07) is 8.64. The van der Waals surface area contributed by atoms with E-state index in [1.807, 2.05) is 29.2 Å². The first-order chi connectivity index (χ1) is 11.7. The highest BCUT2D eigenvalue weighted by Gasteiger charge is 2.08. The van der Waals surface area contributed by atoms with Crippen molar-refractivity contribution in [2.45, 2.75) is 18.0 Å². The highest BCUT2D eigenvalue weighted by atomic mass is 32.2. The molecule has 5 nitrogen and oxygen atoms in total. The van der Waals surface area contributed by atoms with Crippen LogP contribution in [0.2, 0.25) is 0 Å². The second kappa shape index (κ2) is 7.72. The zero-order valence-electron chi connectivity index (χ0n) is 14.1. The summed E-state index contributed by atoms with van der Waals surface area (Å²) in [5.74, 6) is 0.861. The molecule has 0 spiro atoms. The molecule has 0 saturated heterocycles. The fourth-order valence-electron chi connectivity index (χ4n) is 2.50. The summed E-state index contributed by atoms with van der Waals surface area (Å²) in [5, 5.41) is 5.42. The quantitative estimate of drug-likeness (QED) is 0.431. The first kappa shape index (κ1) is 16.9. The van der Waals surface area contributed by atoms with Gasteiger partial charge < -0.3 is 10.2 Å². The number of nitrogens with zero attached hydrogens (tertiary/aromatic N) is 4. The van der Waals surface area contributed by atoms with Crippen molar-refractivity contribution in [3.05, 3.63) is 53.3 Å². The Labute approximate surface area is 150 Å². The van der Waals surface area contributed by atoms with Crippen LogP contribution in [0.3, 0.4) is 0 Å². The van der Waals surface area contributed by atoms with Crippen LogP contribution in [-0.4, -0.2) is 40.6 Å². The van der Waals surface area contributed by atoms with Gasteiger partial charge >= 0.3 is 0 Å². The molecule has 0 saturated carbocycles. The fraction of sp³-hybridized carbons (Fsp3) is 0.294. The van der Waals surface area contributed by atoms with Gasteiger partial charge in [0, 0.05) is 43.3 Å². The molecule has 24 heavy (non-hydrogen) atoms. The van der Waals surface area contributed by atoms with Crippen molar-refractivity contribution in [2.24, 2.45) is 4.99 Å². The number of thiazole rings is 1. The number of rotatable bonds is 5. The molecule has 1 N–H and O–H groups in total.